The molecule has 5 nitrogen and oxygen atoms in total. The number of carbonyl (C=O) groups is 2. The van der Waals surface area contributed by atoms with E-state index in [0.717, 1.165) is 0 Å². The fraction of sp³-hybridized carbons (Fsp3) is 0.818. The molecule has 0 radical (unpaired) electrons. The van der Waals surface area contributed by atoms with Gasteiger partial charge in [0.15, 0.2) is 0 Å². The second-order valence-corrected chi connectivity index (χ2v) is 4.30. The number of hydrogen-bond donors (Lipinski definition) is 2. The van der Waals surface area contributed by atoms with Crippen molar-refractivity contribution in [3.8, 4) is 0 Å². The topological polar surface area (TPSA) is 75.6 Å². The van der Waals surface area contributed by atoms with Crippen LogP contribution < -0.4 is 5.32 Å². The van der Waals surface area contributed by atoms with E-state index in [4.69, 9.17) is 9.84 Å². The van der Waals surface area contributed by atoms with Crippen molar-refractivity contribution >= 4 is 11.9 Å². The maximum atomic E-state index is 11.4. The Hall–Kier alpha value is -1.10. The van der Waals surface area contributed by atoms with E-state index in [1.165, 1.54) is 0 Å². The highest BCUT2D eigenvalue weighted by Gasteiger charge is 2.22. The Bertz CT molecular complexity index is 238. The average molecular weight is 231 g/mol. The Labute approximate surface area is 96.2 Å². The molecule has 0 spiro atoms. The van der Waals surface area contributed by atoms with Crippen molar-refractivity contribution in [2.75, 3.05) is 6.61 Å². The molecule has 0 unspecified atom stereocenters. The molecule has 0 aromatic heterocycles. The van der Waals surface area contributed by atoms with Crippen molar-refractivity contribution in [1.29, 1.82) is 0 Å². The molecular weight excluding hydrogens is 210 g/mol. The van der Waals surface area contributed by atoms with Gasteiger partial charge in [0.25, 0.3) is 0 Å². The van der Waals surface area contributed by atoms with E-state index >= 15 is 0 Å². The third-order valence-electron chi connectivity index (χ3n) is 2.03. The number of ether oxygens (including phenoxy) is 1. The Morgan fingerprint density at radius 3 is 2.19 bits per heavy atom. The first kappa shape index (κ1) is 14.9. The molecule has 0 rings (SSSR count). The SMILES string of the molecule is CC(C)OCCC(=O)N[C@@H](C(=O)O)C(C)C. The fourth-order valence-electron chi connectivity index (χ4n) is 1.15. The number of carboxylic acid groups (broad SMARTS) is 1. The summed E-state index contributed by atoms with van der Waals surface area (Å²) in [6.45, 7) is 7.58. The first-order chi connectivity index (χ1) is 7.34. The number of hydrogen-bond acceptors (Lipinski definition) is 3. The molecule has 0 aliphatic carbocycles. The lowest BCUT2D eigenvalue weighted by Crippen LogP contribution is -2.44. The predicted octanol–water partition coefficient (Wildman–Crippen LogP) is 1.03. The van der Waals surface area contributed by atoms with Crippen LogP contribution in [0.2, 0.25) is 0 Å². The number of aliphatic carboxylic acids is 1. The summed E-state index contributed by atoms with van der Waals surface area (Å²) < 4.78 is 5.21. The summed E-state index contributed by atoms with van der Waals surface area (Å²) in [6, 6.07) is -0.827. The number of amides is 1. The van der Waals surface area contributed by atoms with Gasteiger partial charge in [-0.25, -0.2) is 4.79 Å². The summed E-state index contributed by atoms with van der Waals surface area (Å²) in [5.74, 6) is -1.43. The van der Waals surface area contributed by atoms with Crippen LogP contribution >= 0.6 is 0 Å². The van der Waals surface area contributed by atoms with Gasteiger partial charge in [0.05, 0.1) is 12.7 Å². The monoisotopic (exact) mass is 231 g/mol. The van der Waals surface area contributed by atoms with Gasteiger partial charge in [0.2, 0.25) is 5.91 Å². The Morgan fingerprint density at radius 1 is 1.25 bits per heavy atom. The van der Waals surface area contributed by atoms with Crippen LogP contribution in [0.5, 0.6) is 0 Å². The van der Waals surface area contributed by atoms with E-state index in [2.05, 4.69) is 5.32 Å². The van der Waals surface area contributed by atoms with Crippen LogP contribution in [0, 0.1) is 5.92 Å². The summed E-state index contributed by atoms with van der Waals surface area (Å²) in [6.07, 6.45) is 0.266. The molecular formula is C11H21NO4. The highest BCUT2D eigenvalue weighted by atomic mass is 16.5. The number of carbonyl (C=O) groups excluding carboxylic acids is 1. The van der Waals surface area contributed by atoms with Crippen molar-refractivity contribution in [2.45, 2.75) is 46.3 Å². The smallest absolute Gasteiger partial charge is 0.326 e. The lowest BCUT2D eigenvalue weighted by Gasteiger charge is -2.18. The van der Waals surface area contributed by atoms with E-state index in [1.807, 2.05) is 13.8 Å². The molecule has 1 atom stereocenters. The summed E-state index contributed by atoms with van der Waals surface area (Å²) >= 11 is 0. The molecule has 0 saturated carbocycles. The van der Waals surface area contributed by atoms with Gasteiger partial charge in [-0.1, -0.05) is 13.8 Å². The van der Waals surface area contributed by atoms with E-state index in [-0.39, 0.29) is 24.3 Å². The van der Waals surface area contributed by atoms with Gasteiger partial charge >= 0.3 is 5.97 Å². The van der Waals surface area contributed by atoms with Gasteiger partial charge in [0.1, 0.15) is 6.04 Å². The average Bonchev–Trinajstić information content (AvgIpc) is 2.12. The molecule has 94 valence electrons. The van der Waals surface area contributed by atoms with Crippen LogP contribution in [-0.4, -0.2) is 35.7 Å². The maximum Gasteiger partial charge on any atom is 0.326 e. The summed E-state index contributed by atoms with van der Waals surface area (Å²) in [5.41, 5.74) is 0. The van der Waals surface area contributed by atoms with Crippen LogP contribution in [0.1, 0.15) is 34.1 Å². The van der Waals surface area contributed by atoms with E-state index in [1.54, 1.807) is 13.8 Å². The lowest BCUT2D eigenvalue weighted by atomic mass is 10.0. The minimum Gasteiger partial charge on any atom is -0.480 e. The molecule has 0 aliphatic rings. The molecule has 0 heterocycles. The second-order valence-electron chi connectivity index (χ2n) is 4.30. The molecule has 1 amide bonds. The van der Waals surface area contributed by atoms with E-state index in [9.17, 15) is 9.59 Å². The van der Waals surface area contributed by atoms with Crippen LogP contribution in [0.15, 0.2) is 0 Å². The van der Waals surface area contributed by atoms with Crippen molar-refractivity contribution in [3.63, 3.8) is 0 Å². The van der Waals surface area contributed by atoms with Crippen molar-refractivity contribution < 1.29 is 19.4 Å². The van der Waals surface area contributed by atoms with Crippen molar-refractivity contribution in [3.05, 3.63) is 0 Å². The Morgan fingerprint density at radius 2 is 1.81 bits per heavy atom. The van der Waals surface area contributed by atoms with Crippen LogP contribution in [0.3, 0.4) is 0 Å². The first-order valence-electron chi connectivity index (χ1n) is 5.48. The zero-order valence-corrected chi connectivity index (χ0v) is 10.3. The summed E-state index contributed by atoms with van der Waals surface area (Å²) in [5, 5.41) is 11.3. The molecule has 0 fully saturated rings. The van der Waals surface area contributed by atoms with Crippen molar-refractivity contribution in [2.24, 2.45) is 5.92 Å². The molecule has 2 N–H and O–H groups in total. The maximum absolute atomic E-state index is 11.4. The zero-order valence-electron chi connectivity index (χ0n) is 10.3. The van der Waals surface area contributed by atoms with Gasteiger partial charge in [0, 0.05) is 6.42 Å². The standard InChI is InChI=1S/C11H21NO4/c1-7(2)10(11(14)15)12-9(13)5-6-16-8(3)4/h7-8,10H,5-6H2,1-4H3,(H,12,13)(H,14,15)/t10-/m1/s1. The predicted molar refractivity (Wildman–Crippen MR) is 60.1 cm³/mol. The third kappa shape index (κ3) is 6.40. The fourth-order valence-corrected chi connectivity index (χ4v) is 1.15. The molecule has 0 bridgehead atoms. The molecule has 0 aromatic rings. The number of nitrogens with one attached hydrogen (secondary N) is 1. The van der Waals surface area contributed by atoms with Crippen molar-refractivity contribution in [1.82, 2.24) is 5.32 Å². The Kier molecular flexibility index (Phi) is 6.72. The van der Waals surface area contributed by atoms with Crippen LogP contribution in [0.4, 0.5) is 0 Å². The van der Waals surface area contributed by atoms with Gasteiger partial charge in [-0.05, 0) is 19.8 Å². The highest BCUT2D eigenvalue weighted by molar-refractivity contribution is 5.83. The molecule has 0 aliphatic heterocycles. The van der Waals surface area contributed by atoms with E-state index in [0.29, 0.717) is 6.61 Å². The van der Waals surface area contributed by atoms with Crippen LogP contribution in [-0.2, 0) is 14.3 Å². The Balaban J connectivity index is 3.97. The summed E-state index contributed by atoms with van der Waals surface area (Å²) in [7, 11) is 0. The highest BCUT2D eigenvalue weighted by Crippen LogP contribution is 2.02. The molecule has 5 heteroatoms. The third-order valence-corrected chi connectivity index (χ3v) is 2.03. The van der Waals surface area contributed by atoms with Gasteiger partial charge in [-0.3, -0.25) is 4.79 Å². The first-order valence-corrected chi connectivity index (χ1v) is 5.48. The molecule has 0 saturated heterocycles. The molecule has 0 aromatic carbocycles. The minimum atomic E-state index is -1.01. The van der Waals surface area contributed by atoms with Gasteiger partial charge in [-0.15, -0.1) is 0 Å². The minimum absolute atomic E-state index is 0.0770. The van der Waals surface area contributed by atoms with Gasteiger partial charge in [-0.2, -0.15) is 0 Å². The second kappa shape index (κ2) is 7.22. The zero-order chi connectivity index (χ0) is 12.7. The van der Waals surface area contributed by atoms with Crippen LogP contribution in [0.25, 0.3) is 0 Å². The van der Waals surface area contributed by atoms with E-state index < -0.39 is 12.0 Å². The molecule has 16 heavy (non-hydrogen) atoms. The summed E-state index contributed by atoms with van der Waals surface area (Å²) in [4.78, 5) is 22.2. The number of rotatable bonds is 7. The lowest BCUT2D eigenvalue weighted by molar-refractivity contribution is -0.143. The quantitative estimate of drug-likeness (QED) is 0.686. The largest absolute Gasteiger partial charge is 0.480 e. The normalized spacial score (nSPS) is 12.9. The number of carboxylic acids is 1. The van der Waals surface area contributed by atoms with Gasteiger partial charge < -0.3 is 15.2 Å².